The maximum Gasteiger partial charge on any atom is 0.184 e. The molecule has 0 N–H and O–H groups in total. The number of hydrogen-bond donors (Lipinski definition) is 0. The largest absolute Gasteiger partial charge is 0.411 e. The van der Waals surface area contributed by atoms with Crippen LogP contribution in [0.5, 0.6) is 0 Å². The smallest absolute Gasteiger partial charge is 0.184 e. The SMILES string of the molecule is CCC1CC(C(/C=C/I)O[Si](C)(C)C)C1. The van der Waals surface area contributed by atoms with Crippen LogP contribution in [0.1, 0.15) is 26.2 Å². The van der Waals surface area contributed by atoms with E-state index >= 15 is 0 Å². The summed E-state index contributed by atoms with van der Waals surface area (Å²) >= 11 is 2.30. The van der Waals surface area contributed by atoms with E-state index in [1.165, 1.54) is 19.3 Å². The lowest BCUT2D eigenvalue weighted by atomic mass is 9.71. The van der Waals surface area contributed by atoms with Gasteiger partial charge in [-0.2, -0.15) is 0 Å². The van der Waals surface area contributed by atoms with E-state index < -0.39 is 8.32 Å². The minimum absolute atomic E-state index is 0.386. The summed E-state index contributed by atoms with van der Waals surface area (Å²) in [4.78, 5) is 0. The molecule has 1 rings (SSSR count). The van der Waals surface area contributed by atoms with Crippen LogP contribution in [0.3, 0.4) is 0 Å². The highest BCUT2D eigenvalue weighted by Crippen LogP contribution is 2.40. The summed E-state index contributed by atoms with van der Waals surface area (Å²) in [5.74, 6) is 1.75. The second kappa shape index (κ2) is 5.82. The normalized spacial score (nSPS) is 29.1. The molecule has 0 radical (unpaired) electrons. The summed E-state index contributed by atoms with van der Waals surface area (Å²) in [7, 11) is -1.39. The number of hydrogen-bond acceptors (Lipinski definition) is 1. The Bertz CT molecular complexity index is 216. The summed E-state index contributed by atoms with van der Waals surface area (Å²) in [6, 6.07) is 0. The van der Waals surface area contributed by atoms with Crippen LogP contribution in [0.4, 0.5) is 0 Å². The zero-order chi connectivity index (χ0) is 11.5. The first-order valence-electron chi connectivity index (χ1n) is 5.91. The van der Waals surface area contributed by atoms with Gasteiger partial charge in [-0.1, -0.05) is 42.0 Å². The third kappa shape index (κ3) is 4.57. The highest BCUT2D eigenvalue weighted by molar-refractivity contribution is 14.1. The fourth-order valence-corrected chi connectivity index (χ4v) is 3.66. The molecule has 1 fully saturated rings. The van der Waals surface area contributed by atoms with Crippen molar-refractivity contribution in [3.05, 3.63) is 10.2 Å². The molecule has 1 aliphatic carbocycles. The molecule has 0 bridgehead atoms. The molecule has 1 aliphatic rings. The van der Waals surface area contributed by atoms with Crippen LogP contribution < -0.4 is 0 Å². The van der Waals surface area contributed by atoms with Gasteiger partial charge in [0.05, 0.1) is 6.10 Å². The van der Waals surface area contributed by atoms with Gasteiger partial charge < -0.3 is 4.43 Å². The van der Waals surface area contributed by atoms with Crippen LogP contribution in [0, 0.1) is 11.8 Å². The van der Waals surface area contributed by atoms with Crippen molar-refractivity contribution in [3.63, 3.8) is 0 Å². The molecule has 1 saturated carbocycles. The van der Waals surface area contributed by atoms with Crippen LogP contribution in [-0.4, -0.2) is 14.4 Å². The maximum absolute atomic E-state index is 6.22. The molecule has 88 valence electrons. The minimum atomic E-state index is -1.39. The van der Waals surface area contributed by atoms with Gasteiger partial charge in [-0.15, -0.1) is 0 Å². The molecule has 0 saturated heterocycles. The first-order chi connectivity index (χ1) is 6.96. The van der Waals surface area contributed by atoms with Crippen LogP contribution in [0.2, 0.25) is 19.6 Å². The third-order valence-corrected chi connectivity index (χ3v) is 4.46. The molecule has 15 heavy (non-hydrogen) atoms. The molecular formula is C12H23IOSi. The second-order valence-electron chi connectivity index (χ2n) is 5.52. The van der Waals surface area contributed by atoms with Gasteiger partial charge in [0.1, 0.15) is 0 Å². The first kappa shape index (κ1) is 13.7. The van der Waals surface area contributed by atoms with Crippen molar-refractivity contribution in [2.75, 3.05) is 0 Å². The quantitative estimate of drug-likeness (QED) is 0.526. The summed E-state index contributed by atoms with van der Waals surface area (Å²) in [5, 5.41) is 0. The van der Waals surface area contributed by atoms with Crippen LogP contribution in [-0.2, 0) is 4.43 Å². The molecule has 0 aliphatic heterocycles. The summed E-state index contributed by atoms with van der Waals surface area (Å²) < 4.78 is 8.34. The average Bonchev–Trinajstić information content (AvgIpc) is 1.99. The Hall–Kier alpha value is 0.647. The Morgan fingerprint density at radius 3 is 2.40 bits per heavy atom. The standard InChI is InChI=1S/C12H23IOSi/c1-5-10-8-11(9-10)12(6-7-13)14-15(2,3)4/h6-7,10-12H,5,8-9H2,1-4H3/b7-6+. The monoisotopic (exact) mass is 338 g/mol. The summed E-state index contributed by atoms with van der Waals surface area (Å²) in [6.07, 6.45) is 6.70. The van der Waals surface area contributed by atoms with Crippen molar-refractivity contribution < 1.29 is 4.43 Å². The van der Waals surface area contributed by atoms with Gasteiger partial charge in [0.15, 0.2) is 8.32 Å². The summed E-state index contributed by atoms with van der Waals surface area (Å²) in [6.45, 7) is 9.12. The van der Waals surface area contributed by atoms with Crippen molar-refractivity contribution in [2.45, 2.75) is 51.9 Å². The van der Waals surface area contributed by atoms with Crippen molar-refractivity contribution in [2.24, 2.45) is 11.8 Å². The van der Waals surface area contributed by atoms with E-state index in [2.05, 4.69) is 59.3 Å². The third-order valence-electron chi connectivity index (χ3n) is 3.07. The van der Waals surface area contributed by atoms with Gasteiger partial charge in [0.2, 0.25) is 0 Å². The predicted octanol–water partition coefficient (Wildman–Crippen LogP) is 4.59. The highest BCUT2D eigenvalue weighted by Gasteiger charge is 2.35. The lowest BCUT2D eigenvalue weighted by Gasteiger charge is -2.41. The molecule has 3 heteroatoms. The molecule has 1 nitrogen and oxygen atoms in total. The van der Waals surface area contributed by atoms with Crippen LogP contribution >= 0.6 is 22.6 Å². The number of halogens is 1. The Morgan fingerprint density at radius 1 is 1.40 bits per heavy atom. The molecule has 0 aromatic rings. The zero-order valence-corrected chi connectivity index (χ0v) is 13.5. The van der Waals surface area contributed by atoms with E-state index in [0.717, 1.165) is 11.8 Å². The molecule has 0 aromatic carbocycles. The van der Waals surface area contributed by atoms with E-state index in [0.29, 0.717) is 6.10 Å². The van der Waals surface area contributed by atoms with Crippen molar-refractivity contribution in [1.82, 2.24) is 0 Å². The van der Waals surface area contributed by atoms with E-state index in [9.17, 15) is 0 Å². The lowest BCUT2D eigenvalue weighted by molar-refractivity contribution is 0.0684. The Morgan fingerprint density at radius 2 is 2.00 bits per heavy atom. The van der Waals surface area contributed by atoms with Crippen LogP contribution in [0.25, 0.3) is 0 Å². The Labute approximate surface area is 109 Å². The second-order valence-corrected chi connectivity index (χ2v) is 10.7. The molecule has 0 amide bonds. The van der Waals surface area contributed by atoms with E-state index in [-0.39, 0.29) is 0 Å². The van der Waals surface area contributed by atoms with Crippen LogP contribution in [0.15, 0.2) is 10.2 Å². The van der Waals surface area contributed by atoms with Crippen molar-refractivity contribution in [1.29, 1.82) is 0 Å². The fraction of sp³-hybridized carbons (Fsp3) is 0.833. The van der Waals surface area contributed by atoms with Crippen molar-refractivity contribution in [3.8, 4) is 0 Å². The van der Waals surface area contributed by atoms with Gasteiger partial charge in [0, 0.05) is 0 Å². The highest BCUT2D eigenvalue weighted by atomic mass is 127. The van der Waals surface area contributed by atoms with Gasteiger partial charge in [-0.25, -0.2) is 0 Å². The van der Waals surface area contributed by atoms with E-state index in [1.54, 1.807) is 0 Å². The average molecular weight is 338 g/mol. The topological polar surface area (TPSA) is 9.23 Å². The summed E-state index contributed by atoms with van der Waals surface area (Å²) in [5.41, 5.74) is 0. The first-order valence-corrected chi connectivity index (χ1v) is 10.6. The minimum Gasteiger partial charge on any atom is -0.411 e. The van der Waals surface area contributed by atoms with E-state index in [1.807, 2.05) is 0 Å². The van der Waals surface area contributed by atoms with Gasteiger partial charge in [-0.3, -0.25) is 0 Å². The van der Waals surface area contributed by atoms with Gasteiger partial charge >= 0.3 is 0 Å². The van der Waals surface area contributed by atoms with Crippen molar-refractivity contribution >= 4 is 30.9 Å². The fourth-order valence-electron chi connectivity index (χ4n) is 2.16. The Balaban J connectivity index is 2.46. The molecular weight excluding hydrogens is 315 g/mol. The Kier molecular flexibility index (Phi) is 5.32. The van der Waals surface area contributed by atoms with Gasteiger partial charge in [0.25, 0.3) is 0 Å². The molecule has 1 atom stereocenters. The molecule has 0 aromatic heterocycles. The molecule has 0 heterocycles. The number of rotatable bonds is 5. The predicted molar refractivity (Wildman–Crippen MR) is 77.9 cm³/mol. The molecule has 0 spiro atoms. The zero-order valence-electron chi connectivity index (χ0n) is 10.3. The maximum atomic E-state index is 6.22. The van der Waals surface area contributed by atoms with Gasteiger partial charge in [-0.05, 0) is 48.4 Å². The lowest BCUT2D eigenvalue weighted by Crippen LogP contribution is -2.40. The molecule has 1 unspecified atom stereocenters. The van der Waals surface area contributed by atoms with E-state index in [4.69, 9.17) is 4.43 Å².